The van der Waals surface area contributed by atoms with Crippen molar-refractivity contribution in [1.82, 2.24) is 14.9 Å². The third-order valence-electron chi connectivity index (χ3n) is 5.39. The summed E-state index contributed by atoms with van der Waals surface area (Å²) in [5.41, 5.74) is 0.153. The Morgan fingerprint density at radius 3 is 2.65 bits per heavy atom. The molecule has 3 heterocycles. The zero-order chi connectivity index (χ0) is 17.8. The molecule has 26 heavy (non-hydrogen) atoms. The first-order chi connectivity index (χ1) is 12.7. The molecule has 1 spiro atoms. The van der Waals surface area contributed by atoms with Crippen LogP contribution in [-0.4, -0.2) is 53.6 Å². The standard InChI is InChI=1S/C20H24N4O2/c25-18(14-26-17-6-2-1-3-7-17)23-13-9-20(15-23)8-4-12-24(16-20)19-21-10-5-11-22-19/h1-3,5-7,10-11H,4,8-9,12-16H2/t20-/m1/s1. The Morgan fingerprint density at radius 2 is 1.85 bits per heavy atom. The number of carbonyl (C=O) groups excluding carboxylic acids is 1. The van der Waals surface area contributed by atoms with Crippen molar-refractivity contribution in [2.75, 3.05) is 37.7 Å². The average molecular weight is 352 g/mol. The molecule has 2 saturated heterocycles. The second-order valence-corrected chi connectivity index (χ2v) is 7.24. The Morgan fingerprint density at radius 1 is 1.04 bits per heavy atom. The smallest absolute Gasteiger partial charge is 0.260 e. The fourth-order valence-electron chi connectivity index (χ4n) is 4.07. The minimum Gasteiger partial charge on any atom is -0.484 e. The lowest BCUT2D eigenvalue weighted by Crippen LogP contribution is -2.46. The van der Waals surface area contributed by atoms with Gasteiger partial charge < -0.3 is 14.5 Å². The number of para-hydroxylation sites is 1. The highest BCUT2D eigenvalue weighted by atomic mass is 16.5. The van der Waals surface area contributed by atoms with E-state index in [0.717, 1.165) is 57.1 Å². The quantitative estimate of drug-likeness (QED) is 0.845. The number of likely N-dealkylation sites (tertiary alicyclic amines) is 1. The first-order valence-corrected chi connectivity index (χ1v) is 9.22. The van der Waals surface area contributed by atoms with Gasteiger partial charge in [0.15, 0.2) is 6.61 Å². The van der Waals surface area contributed by atoms with E-state index in [1.54, 1.807) is 12.4 Å². The monoisotopic (exact) mass is 352 g/mol. The van der Waals surface area contributed by atoms with E-state index in [0.29, 0.717) is 0 Å². The summed E-state index contributed by atoms with van der Waals surface area (Å²) in [7, 11) is 0. The maximum absolute atomic E-state index is 12.6. The fraction of sp³-hybridized carbons (Fsp3) is 0.450. The van der Waals surface area contributed by atoms with Gasteiger partial charge in [-0.15, -0.1) is 0 Å². The van der Waals surface area contributed by atoms with Crippen molar-refractivity contribution >= 4 is 11.9 Å². The molecule has 0 radical (unpaired) electrons. The van der Waals surface area contributed by atoms with E-state index in [2.05, 4.69) is 14.9 Å². The van der Waals surface area contributed by atoms with Crippen molar-refractivity contribution in [2.45, 2.75) is 19.3 Å². The molecule has 6 heteroatoms. The summed E-state index contributed by atoms with van der Waals surface area (Å²) < 4.78 is 5.62. The van der Waals surface area contributed by atoms with E-state index < -0.39 is 0 Å². The number of benzene rings is 1. The second kappa shape index (κ2) is 7.32. The highest BCUT2D eigenvalue weighted by Crippen LogP contribution is 2.39. The third-order valence-corrected chi connectivity index (χ3v) is 5.39. The van der Waals surface area contributed by atoms with Crippen molar-refractivity contribution in [1.29, 1.82) is 0 Å². The van der Waals surface area contributed by atoms with Gasteiger partial charge in [0, 0.05) is 44.0 Å². The predicted molar refractivity (Wildman–Crippen MR) is 99.0 cm³/mol. The summed E-state index contributed by atoms with van der Waals surface area (Å²) >= 11 is 0. The molecule has 0 saturated carbocycles. The molecule has 2 fully saturated rings. The lowest BCUT2D eigenvalue weighted by molar-refractivity contribution is -0.132. The summed E-state index contributed by atoms with van der Waals surface area (Å²) in [4.78, 5) is 25.6. The first-order valence-electron chi connectivity index (χ1n) is 9.22. The maximum atomic E-state index is 12.6. The van der Waals surface area contributed by atoms with Gasteiger partial charge in [-0.3, -0.25) is 4.79 Å². The zero-order valence-electron chi connectivity index (χ0n) is 14.9. The topological polar surface area (TPSA) is 58.6 Å². The minimum atomic E-state index is 0.0683. The fourth-order valence-corrected chi connectivity index (χ4v) is 4.07. The lowest BCUT2D eigenvalue weighted by Gasteiger charge is -2.40. The third kappa shape index (κ3) is 3.64. The van der Waals surface area contributed by atoms with Crippen molar-refractivity contribution < 1.29 is 9.53 Å². The van der Waals surface area contributed by atoms with Crippen LogP contribution in [-0.2, 0) is 4.79 Å². The molecule has 6 nitrogen and oxygen atoms in total. The Kier molecular flexibility index (Phi) is 4.73. The maximum Gasteiger partial charge on any atom is 0.260 e. The van der Waals surface area contributed by atoms with Gasteiger partial charge >= 0.3 is 0 Å². The van der Waals surface area contributed by atoms with Crippen LogP contribution in [0.2, 0.25) is 0 Å². The number of carbonyl (C=O) groups is 1. The molecule has 0 aliphatic carbocycles. The zero-order valence-corrected chi connectivity index (χ0v) is 14.9. The van der Waals surface area contributed by atoms with Crippen LogP contribution >= 0.6 is 0 Å². The van der Waals surface area contributed by atoms with Crippen molar-refractivity contribution in [3.8, 4) is 5.75 Å². The van der Waals surface area contributed by atoms with Gasteiger partial charge in [-0.2, -0.15) is 0 Å². The average Bonchev–Trinajstić information content (AvgIpc) is 3.11. The van der Waals surface area contributed by atoms with E-state index >= 15 is 0 Å². The van der Waals surface area contributed by atoms with Gasteiger partial charge in [0.2, 0.25) is 5.95 Å². The number of hydrogen-bond donors (Lipinski definition) is 0. The van der Waals surface area contributed by atoms with Gasteiger partial charge in [0.1, 0.15) is 5.75 Å². The van der Waals surface area contributed by atoms with E-state index in [1.807, 2.05) is 41.3 Å². The molecule has 0 unspecified atom stereocenters. The van der Waals surface area contributed by atoms with Crippen LogP contribution in [0.1, 0.15) is 19.3 Å². The van der Waals surface area contributed by atoms with E-state index in [9.17, 15) is 4.79 Å². The van der Waals surface area contributed by atoms with Gasteiger partial charge in [0.25, 0.3) is 5.91 Å². The molecule has 1 aromatic carbocycles. The Balaban J connectivity index is 1.35. The summed E-state index contributed by atoms with van der Waals surface area (Å²) in [6, 6.07) is 11.3. The molecule has 1 aromatic heterocycles. The van der Waals surface area contributed by atoms with Crippen LogP contribution in [0.15, 0.2) is 48.8 Å². The number of ether oxygens (including phenoxy) is 1. The normalized spacial score (nSPS) is 22.6. The minimum absolute atomic E-state index is 0.0683. The summed E-state index contributed by atoms with van der Waals surface area (Å²) in [5.74, 6) is 1.60. The number of rotatable bonds is 4. The molecule has 0 bridgehead atoms. The SMILES string of the molecule is O=C(COc1ccccc1)N1CC[C@]2(CCCN(c3ncccn3)C2)C1. The largest absolute Gasteiger partial charge is 0.484 e. The van der Waals surface area contributed by atoms with Crippen LogP contribution in [0.4, 0.5) is 5.95 Å². The number of aromatic nitrogens is 2. The summed E-state index contributed by atoms with van der Waals surface area (Å²) in [6.45, 7) is 3.61. The lowest BCUT2D eigenvalue weighted by atomic mass is 9.79. The molecule has 2 aromatic rings. The highest BCUT2D eigenvalue weighted by molar-refractivity contribution is 5.78. The van der Waals surface area contributed by atoms with E-state index in [1.165, 1.54) is 0 Å². The van der Waals surface area contributed by atoms with Crippen LogP contribution < -0.4 is 9.64 Å². The van der Waals surface area contributed by atoms with Gasteiger partial charge in [0.05, 0.1) is 0 Å². The number of nitrogens with zero attached hydrogens (tertiary/aromatic N) is 4. The Labute approximate surface area is 153 Å². The molecule has 0 N–H and O–H groups in total. The predicted octanol–water partition coefficient (Wildman–Crippen LogP) is 2.37. The second-order valence-electron chi connectivity index (χ2n) is 7.24. The molecule has 1 atom stereocenters. The van der Waals surface area contributed by atoms with Crippen LogP contribution in [0.25, 0.3) is 0 Å². The van der Waals surface area contributed by atoms with Crippen LogP contribution in [0, 0.1) is 5.41 Å². The first kappa shape index (κ1) is 16.8. The molecule has 2 aliphatic rings. The highest BCUT2D eigenvalue weighted by Gasteiger charge is 2.43. The number of piperidine rings is 1. The Bertz CT molecular complexity index is 740. The van der Waals surface area contributed by atoms with Gasteiger partial charge in [-0.1, -0.05) is 18.2 Å². The van der Waals surface area contributed by atoms with Gasteiger partial charge in [-0.05, 0) is 37.5 Å². The van der Waals surface area contributed by atoms with Crippen LogP contribution in [0.5, 0.6) is 5.75 Å². The molecule has 136 valence electrons. The summed E-state index contributed by atoms with van der Waals surface area (Å²) in [6.07, 6.45) is 6.87. The molecule has 4 rings (SSSR count). The van der Waals surface area contributed by atoms with E-state index in [-0.39, 0.29) is 17.9 Å². The van der Waals surface area contributed by atoms with Gasteiger partial charge in [-0.25, -0.2) is 9.97 Å². The number of amides is 1. The van der Waals surface area contributed by atoms with Crippen LogP contribution in [0.3, 0.4) is 0 Å². The number of hydrogen-bond acceptors (Lipinski definition) is 5. The molecular formula is C20H24N4O2. The Hall–Kier alpha value is -2.63. The molecule has 2 aliphatic heterocycles. The van der Waals surface area contributed by atoms with Crippen molar-refractivity contribution in [3.05, 3.63) is 48.8 Å². The molecule has 1 amide bonds. The molecular weight excluding hydrogens is 328 g/mol. The number of anilines is 1. The van der Waals surface area contributed by atoms with Crippen molar-refractivity contribution in [3.63, 3.8) is 0 Å². The summed E-state index contributed by atoms with van der Waals surface area (Å²) in [5, 5.41) is 0. The van der Waals surface area contributed by atoms with E-state index in [4.69, 9.17) is 4.74 Å². The van der Waals surface area contributed by atoms with Crippen molar-refractivity contribution in [2.24, 2.45) is 5.41 Å².